The van der Waals surface area contributed by atoms with Crippen molar-refractivity contribution in [3.63, 3.8) is 0 Å². The smallest absolute Gasteiger partial charge is 0.252 e. The second kappa shape index (κ2) is 5.77. The maximum Gasteiger partial charge on any atom is 0.252 e. The number of primary amides is 1. The van der Waals surface area contributed by atoms with Gasteiger partial charge in [0.05, 0.1) is 24.2 Å². The molecule has 2 fully saturated rings. The lowest BCUT2D eigenvalue weighted by Gasteiger charge is -2.22. The van der Waals surface area contributed by atoms with E-state index in [0.29, 0.717) is 26.3 Å². The number of methoxy groups -OCH3 is 1. The maximum atomic E-state index is 12.8. The van der Waals surface area contributed by atoms with Crippen molar-refractivity contribution in [2.24, 2.45) is 11.1 Å². The number of nitrogens with zero attached hydrogens (tertiary/aromatic N) is 1. The van der Waals surface area contributed by atoms with Gasteiger partial charge in [0, 0.05) is 25.1 Å². The summed E-state index contributed by atoms with van der Waals surface area (Å²) < 4.78 is 37.6. The molecule has 0 aliphatic carbocycles. The highest BCUT2D eigenvalue weighted by Gasteiger charge is 2.45. The van der Waals surface area contributed by atoms with Gasteiger partial charge in [-0.25, -0.2) is 8.42 Å². The minimum atomic E-state index is -3.67. The molecule has 0 bridgehead atoms. The van der Waals surface area contributed by atoms with Crippen LogP contribution in [0.1, 0.15) is 23.2 Å². The molecule has 1 amide bonds. The van der Waals surface area contributed by atoms with E-state index in [1.54, 1.807) is 0 Å². The van der Waals surface area contributed by atoms with Crippen LogP contribution in [0, 0.1) is 5.41 Å². The lowest BCUT2D eigenvalue weighted by atomic mass is 9.87. The highest BCUT2D eigenvalue weighted by Crippen LogP contribution is 2.40. The number of hydrogen-bond donors (Lipinski definition) is 1. The summed E-state index contributed by atoms with van der Waals surface area (Å²) >= 11 is 0. The molecule has 2 aliphatic rings. The summed E-state index contributed by atoms with van der Waals surface area (Å²) in [5.41, 5.74) is 5.30. The normalized spacial score (nSPS) is 25.1. The van der Waals surface area contributed by atoms with Crippen molar-refractivity contribution >= 4 is 15.9 Å². The fourth-order valence-corrected chi connectivity index (χ4v) is 4.84. The molecule has 23 heavy (non-hydrogen) atoms. The number of nitrogens with two attached hydrogens (primary N) is 1. The van der Waals surface area contributed by atoms with Gasteiger partial charge in [-0.1, -0.05) is 0 Å². The third-order valence-corrected chi connectivity index (χ3v) is 6.50. The lowest BCUT2D eigenvalue weighted by molar-refractivity contribution is 0.0997. The first-order valence-electron chi connectivity index (χ1n) is 7.44. The van der Waals surface area contributed by atoms with E-state index in [1.165, 1.54) is 29.6 Å². The number of amides is 1. The molecule has 2 N–H and O–H groups in total. The van der Waals surface area contributed by atoms with Crippen LogP contribution in [-0.4, -0.2) is 52.0 Å². The molecule has 0 radical (unpaired) electrons. The minimum Gasteiger partial charge on any atom is -0.496 e. The summed E-state index contributed by atoms with van der Waals surface area (Å²) in [5.74, 6) is -0.459. The van der Waals surface area contributed by atoms with Gasteiger partial charge in [0.25, 0.3) is 5.91 Å². The van der Waals surface area contributed by atoms with Crippen molar-refractivity contribution < 1.29 is 22.7 Å². The Morgan fingerprint density at radius 2 is 2.17 bits per heavy atom. The van der Waals surface area contributed by atoms with Crippen molar-refractivity contribution in [3.05, 3.63) is 23.8 Å². The molecule has 1 atom stereocenters. The van der Waals surface area contributed by atoms with E-state index in [0.717, 1.165) is 12.8 Å². The van der Waals surface area contributed by atoms with Gasteiger partial charge in [0.15, 0.2) is 0 Å². The van der Waals surface area contributed by atoms with Crippen molar-refractivity contribution in [2.75, 3.05) is 33.4 Å². The fraction of sp³-hybridized carbons (Fsp3) is 0.533. The molecule has 2 aliphatic heterocycles. The van der Waals surface area contributed by atoms with Gasteiger partial charge < -0.3 is 15.2 Å². The Balaban J connectivity index is 1.91. The van der Waals surface area contributed by atoms with E-state index in [2.05, 4.69) is 0 Å². The van der Waals surface area contributed by atoms with Gasteiger partial charge >= 0.3 is 0 Å². The molecule has 7 nitrogen and oxygen atoms in total. The number of carbonyl (C=O) groups excluding carboxylic acids is 1. The Bertz CT molecular complexity index is 725. The fourth-order valence-electron chi connectivity index (χ4n) is 3.26. The van der Waals surface area contributed by atoms with Gasteiger partial charge in [-0.3, -0.25) is 4.79 Å². The SMILES string of the molecule is COc1ccc(S(=O)(=O)N2CCC3(CCOC3)C2)cc1C(N)=O. The molecule has 1 spiro atoms. The second-order valence-electron chi connectivity index (χ2n) is 6.12. The third-order valence-electron chi connectivity index (χ3n) is 4.66. The number of sulfonamides is 1. The predicted octanol–water partition coefficient (Wildman–Crippen LogP) is 0.595. The summed E-state index contributed by atoms with van der Waals surface area (Å²) in [5, 5.41) is 0. The Morgan fingerprint density at radius 3 is 2.78 bits per heavy atom. The van der Waals surface area contributed by atoms with Crippen LogP contribution in [0.5, 0.6) is 5.75 Å². The van der Waals surface area contributed by atoms with E-state index in [9.17, 15) is 13.2 Å². The van der Waals surface area contributed by atoms with Gasteiger partial charge in [0.2, 0.25) is 10.0 Å². The largest absolute Gasteiger partial charge is 0.496 e. The Hall–Kier alpha value is -1.64. The maximum absolute atomic E-state index is 12.8. The van der Waals surface area contributed by atoms with Gasteiger partial charge in [-0.05, 0) is 31.0 Å². The Kier molecular flexibility index (Phi) is 4.07. The summed E-state index contributed by atoms with van der Waals surface area (Å²) in [6.45, 7) is 2.20. The number of carbonyl (C=O) groups is 1. The van der Waals surface area contributed by atoms with Gasteiger partial charge in [-0.2, -0.15) is 4.31 Å². The number of ether oxygens (including phenoxy) is 2. The van der Waals surface area contributed by atoms with Crippen molar-refractivity contribution in [2.45, 2.75) is 17.7 Å². The van der Waals surface area contributed by atoms with Crippen molar-refractivity contribution in [3.8, 4) is 5.75 Å². The zero-order valence-electron chi connectivity index (χ0n) is 12.9. The molecule has 126 valence electrons. The molecular weight excluding hydrogens is 320 g/mol. The minimum absolute atomic E-state index is 0.0584. The molecule has 8 heteroatoms. The summed E-state index contributed by atoms with van der Waals surface area (Å²) in [6, 6.07) is 4.18. The van der Waals surface area contributed by atoms with Crippen LogP contribution in [0.3, 0.4) is 0 Å². The van der Waals surface area contributed by atoms with Crippen LogP contribution in [0.25, 0.3) is 0 Å². The number of benzene rings is 1. The van der Waals surface area contributed by atoms with E-state index >= 15 is 0 Å². The highest BCUT2D eigenvalue weighted by molar-refractivity contribution is 7.89. The van der Waals surface area contributed by atoms with E-state index in [-0.39, 0.29) is 21.6 Å². The average Bonchev–Trinajstić information content (AvgIpc) is 3.17. The Labute approximate surface area is 135 Å². The van der Waals surface area contributed by atoms with Crippen LogP contribution >= 0.6 is 0 Å². The molecule has 1 unspecified atom stereocenters. The zero-order chi connectivity index (χ0) is 16.7. The highest BCUT2D eigenvalue weighted by atomic mass is 32.2. The first-order valence-corrected chi connectivity index (χ1v) is 8.88. The standard InChI is InChI=1S/C15H20N2O5S/c1-21-13-3-2-11(8-12(13)14(16)18)23(19,20)17-6-4-15(9-17)5-7-22-10-15/h2-3,8H,4-7,9-10H2,1H3,(H2,16,18). The van der Waals surface area contributed by atoms with Crippen LogP contribution < -0.4 is 10.5 Å². The van der Waals surface area contributed by atoms with Gasteiger partial charge in [-0.15, -0.1) is 0 Å². The molecule has 3 rings (SSSR count). The van der Waals surface area contributed by atoms with Crippen LogP contribution in [0.4, 0.5) is 0 Å². The molecular formula is C15H20N2O5S. The van der Waals surface area contributed by atoms with Crippen LogP contribution in [0.2, 0.25) is 0 Å². The average molecular weight is 340 g/mol. The van der Waals surface area contributed by atoms with E-state index < -0.39 is 15.9 Å². The first kappa shape index (κ1) is 16.2. The molecule has 1 aromatic rings. The summed E-state index contributed by atoms with van der Waals surface area (Å²) in [6.07, 6.45) is 1.68. The van der Waals surface area contributed by atoms with E-state index in [4.69, 9.17) is 15.2 Å². The topological polar surface area (TPSA) is 98.9 Å². The third kappa shape index (κ3) is 2.82. The molecule has 0 aromatic heterocycles. The zero-order valence-corrected chi connectivity index (χ0v) is 13.8. The summed E-state index contributed by atoms with van der Waals surface area (Å²) in [4.78, 5) is 11.6. The molecule has 0 saturated carbocycles. The van der Waals surface area contributed by atoms with Crippen molar-refractivity contribution in [1.82, 2.24) is 4.31 Å². The van der Waals surface area contributed by atoms with Crippen LogP contribution in [-0.2, 0) is 14.8 Å². The number of hydrogen-bond acceptors (Lipinski definition) is 5. The molecule has 1 aromatic carbocycles. The first-order chi connectivity index (χ1) is 10.9. The predicted molar refractivity (Wildman–Crippen MR) is 82.8 cm³/mol. The lowest BCUT2D eigenvalue weighted by Crippen LogP contribution is -2.32. The Morgan fingerprint density at radius 1 is 1.39 bits per heavy atom. The molecule has 2 heterocycles. The second-order valence-corrected chi connectivity index (χ2v) is 8.06. The van der Waals surface area contributed by atoms with E-state index in [1.807, 2.05) is 0 Å². The summed E-state index contributed by atoms with van der Waals surface area (Å²) in [7, 11) is -2.27. The van der Waals surface area contributed by atoms with Crippen molar-refractivity contribution in [1.29, 1.82) is 0 Å². The monoisotopic (exact) mass is 340 g/mol. The molecule has 2 saturated heterocycles. The quantitative estimate of drug-likeness (QED) is 0.865. The number of rotatable bonds is 4. The van der Waals surface area contributed by atoms with Crippen LogP contribution in [0.15, 0.2) is 23.1 Å². The van der Waals surface area contributed by atoms with Gasteiger partial charge in [0.1, 0.15) is 5.75 Å².